The number of morpholine rings is 1. The van der Waals surface area contributed by atoms with Crippen LogP contribution < -0.4 is 20.1 Å². The molecule has 0 aliphatic carbocycles. The van der Waals surface area contributed by atoms with Crippen LogP contribution in [0.5, 0.6) is 11.5 Å². The van der Waals surface area contributed by atoms with E-state index >= 15 is 0 Å². The van der Waals surface area contributed by atoms with Crippen molar-refractivity contribution in [1.29, 1.82) is 0 Å². The highest BCUT2D eigenvalue weighted by Gasteiger charge is 2.28. The summed E-state index contributed by atoms with van der Waals surface area (Å²) in [7, 11) is 5.15. The van der Waals surface area contributed by atoms with Gasteiger partial charge in [0.05, 0.1) is 27.4 Å². The van der Waals surface area contributed by atoms with Gasteiger partial charge in [-0.2, -0.15) is 0 Å². The highest BCUT2D eigenvalue weighted by Crippen LogP contribution is 2.24. The maximum Gasteiger partial charge on any atom is 0.191 e. The lowest BCUT2D eigenvalue weighted by Gasteiger charge is -2.41. The van der Waals surface area contributed by atoms with Gasteiger partial charge in [0.15, 0.2) is 5.96 Å². The van der Waals surface area contributed by atoms with Crippen LogP contribution >= 0.6 is 24.0 Å². The van der Waals surface area contributed by atoms with Crippen LogP contribution in [0.1, 0.15) is 19.4 Å². The van der Waals surface area contributed by atoms with Gasteiger partial charge in [0.1, 0.15) is 11.5 Å². The van der Waals surface area contributed by atoms with Crippen LogP contribution in [-0.2, 0) is 11.2 Å². The smallest absolute Gasteiger partial charge is 0.191 e. The third kappa shape index (κ3) is 7.29. The zero-order valence-corrected chi connectivity index (χ0v) is 20.0. The molecule has 2 rings (SSSR count). The predicted octanol–water partition coefficient (Wildman–Crippen LogP) is 2.14. The number of ether oxygens (including phenoxy) is 3. The van der Waals surface area contributed by atoms with Gasteiger partial charge < -0.3 is 24.8 Å². The van der Waals surface area contributed by atoms with Crippen molar-refractivity contribution < 1.29 is 14.2 Å². The summed E-state index contributed by atoms with van der Waals surface area (Å²) in [5.41, 5.74) is 1.14. The number of hydrogen-bond acceptors (Lipinski definition) is 5. The Hall–Kier alpha value is -1.26. The number of rotatable bonds is 8. The molecule has 0 radical (unpaired) electrons. The molecule has 0 saturated carbocycles. The largest absolute Gasteiger partial charge is 0.497 e. The average molecular weight is 506 g/mol. The number of nitrogens with zero attached hydrogens (tertiary/aromatic N) is 2. The topological polar surface area (TPSA) is 67.4 Å². The lowest BCUT2D eigenvalue weighted by molar-refractivity contribution is -0.00833. The first-order valence-electron chi connectivity index (χ1n) is 9.48. The minimum Gasteiger partial charge on any atom is -0.497 e. The van der Waals surface area contributed by atoms with Gasteiger partial charge in [0, 0.05) is 38.8 Å². The van der Waals surface area contributed by atoms with Crippen LogP contribution in [0.15, 0.2) is 23.2 Å². The Morgan fingerprint density at radius 3 is 2.50 bits per heavy atom. The fraction of sp³-hybridized carbons (Fsp3) is 0.650. The number of nitrogens with one attached hydrogen (secondary N) is 2. The minimum absolute atomic E-state index is 0. The number of benzene rings is 1. The van der Waals surface area contributed by atoms with E-state index in [4.69, 9.17) is 14.2 Å². The monoisotopic (exact) mass is 506 g/mol. The molecule has 8 heteroatoms. The van der Waals surface area contributed by atoms with Gasteiger partial charge in [-0.1, -0.05) is 0 Å². The van der Waals surface area contributed by atoms with Gasteiger partial charge in [0.2, 0.25) is 0 Å². The van der Waals surface area contributed by atoms with Crippen molar-refractivity contribution in [2.24, 2.45) is 4.99 Å². The van der Waals surface area contributed by atoms with E-state index in [-0.39, 0.29) is 29.5 Å². The molecule has 0 spiro atoms. The first-order chi connectivity index (χ1) is 13.0. The molecule has 1 aromatic rings. The van der Waals surface area contributed by atoms with Crippen LogP contribution in [0.3, 0.4) is 0 Å². The molecule has 1 aromatic carbocycles. The lowest BCUT2D eigenvalue weighted by atomic mass is 10.0. The molecule has 1 fully saturated rings. The van der Waals surface area contributed by atoms with Crippen LogP contribution in [0, 0.1) is 0 Å². The van der Waals surface area contributed by atoms with Crippen molar-refractivity contribution in [2.45, 2.75) is 25.8 Å². The van der Waals surface area contributed by atoms with Gasteiger partial charge in [-0.15, -0.1) is 24.0 Å². The van der Waals surface area contributed by atoms with Crippen LogP contribution in [-0.4, -0.2) is 77.1 Å². The molecular weight excluding hydrogens is 471 g/mol. The molecule has 0 aromatic heterocycles. The summed E-state index contributed by atoms with van der Waals surface area (Å²) >= 11 is 0. The second kappa shape index (κ2) is 12.3. The van der Waals surface area contributed by atoms with Crippen molar-refractivity contribution in [3.63, 3.8) is 0 Å². The van der Waals surface area contributed by atoms with Crippen molar-refractivity contribution in [1.82, 2.24) is 15.5 Å². The number of guanidine groups is 1. The summed E-state index contributed by atoms with van der Waals surface area (Å²) in [5.74, 6) is 2.51. The third-order valence-electron chi connectivity index (χ3n) is 4.95. The quantitative estimate of drug-likeness (QED) is 0.320. The Morgan fingerprint density at radius 1 is 1.18 bits per heavy atom. The average Bonchev–Trinajstić information content (AvgIpc) is 2.71. The summed E-state index contributed by atoms with van der Waals surface area (Å²) in [6.45, 7) is 9.61. The fourth-order valence-corrected chi connectivity index (χ4v) is 3.19. The standard InChI is InChI=1S/C20H34N4O3.HI/c1-20(2,24-10-12-27-13-11-24)15-23-19(21-3)22-9-8-16-14-17(25-4)6-7-18(16)26-5;/h6-7,14H,8-13,15H2,1-5H3,(H2,21,22,23);1H. The van der Waals surface area contributed by atoms with E-state index in [1.54, 1.807) is 21.3 Å². The van der Waals surface area contributed by atoms with E-state index < -0.39 is 0 Å². The Balaban J connectivity index is 0.00000392. The number of halogens is 1. The summed E-state index contributed by atoms with van der Waals surface area (Å²) in [6, 6.07) is 5.86. The second-order valence-electron chi connectivity index (χ2n) is 7.19. The summed E-state index contributed by atoms with van der Waals surface area (Å²) in [6.07, 6.45) is 0.813. The number of methoxy groups -OCH3 is 2. The first-order valence-corrected chi connectivity index (χ1v) is 9.48. The molecule has 7 nitrogen and oxygen atoms in total. The van der Waals surface area contributed by atoms with Gasteiger partial charge in [0.25, 0.3) is 0 Å². The van der Waals surface area contributed by atoms with E-state index in [0.717, 1.165) is 68.8 Å². The highest BCUT2D eigenvalue weighted by atomic mass is 127. The van der Waals surface area contributed by atoms with E-state index in [1.807, 2.05) is 18.2 Å². The molecular formula is C20H35IN4O3. The van der Waals surface area contributed by atoms with Gasteiger partial charge in [-0.3, -0.25) is 9.89 Å². The van der Waals surface area contributed by atoms with E-state index in [0.29, 0.717) is 0 Å². The fourth-order valence-electron chi connectivity index (χ4n) is 3.19. The molecule has 28 heavy (non-hydrogen) atoms. The molecule has 0 bridgehead atoms. The zero-order valence-electron chi connectivity index (χ0n) is 17.7. The van der Waals surface area contributed by atoms with Crippen LogP contribution in [0.2, 0.25) is 0 Å². The Bertz CT molecular complexity index is 619. The lowest BCUT2D eigenvalue weighted by Crippen LogP contribution is -2.56. The van der Waals surface area contributed by atoms with Crippen molar-refractivity contribution in [2.75, 3.05) is 60.7 Å². The van der Waals surface area contributed by atoms with Crippen molar-refractivity contribution in [3.8, 4) is 11.5 Å². The van der Waals surface area contributed by atoms with Crippen LogP contribution in [0.25, 0.3) is 0 Å². The molecule has 0 atom stereocenters. The van der Waals surface area contributed by atoms with Crippen molar-refractivity contribution in [3.05, 3.63) is 23.8 Å². The summed E-state index contributed by atoms with van der Waals surface area (Å²) in [4.78, 5) is 6.80. The maximum absolute atomic E-state index is 5.45. The van der Waals surface area contributed by atoms with Crippen LogP contribution in [0.4, 0.5) is 0 Å². The van der Waals surface area contributed by atoms with Gasteiger partial charge in [-0.05, 0) is 44.0 Å². The molecule has 1 heterocycles. The van der Waals surface area contributed by atoms with E-state index in [9.17, 15) is 0 Å². The Labute approximate surface area is 186 Å². The van der Waals surface area contributed by atoms with Gasteiger partial charge >= 0.3 is 0 Å². The molecule has 0 unspecified atom stereocenters. The Kier molecular flexibility index (Phi) is 10.9. The molecule has 1 saturated heterocycles. The first kappa shape index (κ1) is 24.8. The van der Waals surface area contributed by atoms with Gasteiger partial charge in [-0.25, -0.2) is 0 Å². The highest BCUT2D eigenvalue weighted by molar-refractivity contribution is 14.0. The number of aliphatic imine (C=N–C) groups is 1. The predicted molar refractivity (Wildman–Crippen MR) is 125 cm³/mol. The Morgan fingerprint density at radius 2 is 1.89 bits per heavy atom. The molecule has 1 aliphatic heterocycles. The van der Waals surface area contributed by atoms with Crippen molar-refractivity contribution >= 4 is 29.9 Å². The van der Waals surface area contributed by atoms with E-state index in [2.05, 4.69) is 34.4 Å². The molecule has 160 valence electrons. The number of hydrogen-bond donors (Lipinski definition) is 2. The summed E-state index contributed by atoms with van der Waals surface area (Å²) in [5, 5.41) is 6.83. The zero-order chi connectivity index (χ0) is 19.7. The minimum atomic E-state index is 0. The SMILES string of the molecule is CN=C(NCCc1cc(OC)ccc1OC)NCC(C)(C)N1CCOCC1.I. The third-order valence-corrected chi connectivity index (χ3v) is 4.95. The molecule has 2 N–H and O–H groups in total. The normalized spacial score (nSPS) is 15.5. The molecule has 0 amide bonds. The maximum atomic E-state index is 5.45. The molecule has 1 aliphatic rings. The second-order valence-corrected chi connectivity index (χ2v) is 7.19. The van der Waals surface area contributed by atoms with E-state index in [1.165, 1.54) is 0 Å². The summed E-state index contributed by atoms with van der Waals surface area (Å²) < 4.78 is 16.2.